The lowest BCUT2D eigenvalue weighted by Gasteiger charge is -2.04. The molecule has 0 fully saturated rings. The largest absolute Gasteiger partial charge is 0.465 e. The van der Waals surface area contributed by atoms with Crippen molar-refractivity contribution in [3.8, 4) is 6.01 Å². The van der Waals surface area contributed by atoms with Crippen LogP contribution in [0.1, 0.15) is 6.42 Å². The molecule has 2 aromatic rings. The first-order valence-electron chi connectivity index (χ1n) is 5.04. The summed E-state index contributed by atoms with van der Waals surface area (Å²) in [5.41, 5.74) is 0.384. The second-order valence-corrected chi connectivity index (χ2v) is 3.31. The average molecular weight is 220 g/mol. The molecule has 16 heavy (non-hydrogen) atoms. The first-order valence-corrected chi connectivity index (χ1v) is 5.04. The third-order valence-electron chi connectivity index (χ3n) is 2.13. The second-order valence-electron chi connectivity index (χ2n) is 3.31. The Morgan fingerprint density at radius 3 is 3.00 bits per heavy atom. The fraction of sp³-hybridized carbons (Fsp3) is 0.273. The number of H-pyrrole nitrogens is 1. The molecule has 1 aromatic carbocycles. The van der Waals surface area contributed by atoms with Crippen molar-refractivity contribution < 1.29 is 9.84 Å². The first-order chi connectivity index (χ1) is 7.81. The summed E-state index contributed by atoms with van der Waals surface area (Å²) >= 11 is 0. The van der Waals surface area contributed by atoms with Gasteiger partial charge in [-0.3, -0.25) is 9.78 Å². The van der Waals surface area contributed by atoms with Crippen molar-refractivity contribution in [2.24, 2.45) is 0 Å². The van der Waals surface area contributed by atoms with Gasteiger partial charge in [0.2, 0.25) is 0 Å². The molecule has 1 heterocycles. The van der Waals surface area contributed by atoms with Crippen LogP contribution < -0.4 is 10.3 Å². The number of nitrogens with one attached hydrogen (secondary N) is 1. The molecule has 0 atom stereocenters. The summed E-state index contributed by atoms with van der Waals surface area (Å²) < 4.78 is 5.21. The molecular weight excluding hydrogens is 208 g/mol. The monoisotopic (exact) mass is 220 g/mol. The number of aliphatic hydroxyl groups excluding tert-OH is 1. The van der Waals surface area contributed by atoms with Crippen LogP contribution in [0.5, 0.6) is 6.01 Å². The Hall–Kier alpha value is -1.88. The molecular formula is C11H12N2O3. The van der Waals surface area contributed by atoms with E-state index in [2.05, 4.69) is 9.97 Å². The van der Waals surface area contributed by atoms with Crippen LogP contribution in [-0.4, -0.2) is 28.3 Å². The number of ether oxygens (including phenoxy) is 1. The summed E-state index contributed by atoms with van der Waals surface area (Å²) in [4.78, 5) is 18.3. The molecule has 0 radical (unpaired) electrons. The Morgan fingerprint density at radius 1 is 1.38 bits per heavy atom. The topological polar surface area (TPSA) is 75.2 Å². The van der Waals surface area contributed by atoms with E-state index in [1.165, 1.54) is 0 Å². The van der Waals surface area contributed by atoms with Crippen LogP contribution in [0.15, 0.2) is 29.1 Å². The van der Waals surface area contributed by atoms with Gasteiger partial charge in [-0.2, -0.15) is 4.98 Å². The summed E-state index contributed by atoms with van der Waals surface area (Å²) in [5, 5.41) is 9.14. The van der Waals surface area contributed by atoms with Crippen LogP contribution in [0.3, 0.4) is 0 Å². The number of nitrogens with zero attached hydrogens (tertiary/aromatic N) is 1. The zero-order valence-corrected chi connectivity index (χ0v) is 8.64. The van der Waals surface area contributed by atoms with Gasteiger partial charge in [-0.05, 0) is 12.1 Å². The van der Waals surface area contributed by atoms with Gasteiger partial charge in [0, 0.05) is 13.0 Å². The quantitative estimate of drug-likeness (QED) is 0.743. The Balaban J connectivity index is 2.31. The van der Waals surface area contributed by atoms with Gasteiger partial charge in [0.1, 0.15) is 0 Å². The lowest BCUT2D eigenvalue weighted by molar-refractivity contribution is 0.224. The van der Waals surface area contributed by atoms with Gasteiger partial charge in [0.15, 0.2) is 0 Å². The average Bonchev–Trinajstić information content (AvgIpc) is 2.30. The molecule has 1 aromatic heterocycles. The van der Waals surface area contributed by atoms with E-state index in [4.69, 9.17) is 9.84 Å². The lowest BCUT2D eigenvalue weighted by Crippen LogP contribution is -2.11. The zero-order chi connectivity index (χ0) is 11.4. The molecule has 0 saturated heterocycles. The molecule has 5 heteroatoms. The van der Waals surface area contributed by atoms with Crippen molar-refractivity contribution in [3.05, 3.63) is 34.6 Å². The Morgan fingerprint density at radius 2 is 2.19 bits per heavy atom. The van der Waals surface area contributed by atoms with Crippen LogP contribution in [0, 0.1) is 0 Å². The molecule has 0 amide bonds. The maximum Gasteiger partial charge on any atom is 0.297 e. The van der Waals surface area contributed by atoms with E-state index in [1.807, 2.05) is 6.07 Å². The maximum atomic E-state index is 11.6. The number of rotatable bonds is 4. The molecule has 84 valence electrons. The molecule has 0 spiro atoms. The Bertz CT molecular complexity index is 536. The number of hydrogen-bond donors (Lipinski definition) is 2. The highest BCUT2D eigenvalue weighted by Gasteiger charge is 2.03. The van der Waals surface area contributed by atoms with Gasteiger partial charge in [-0.15, -0.1) is 0 Å². The summed E-state index contributed by atoms with van der Waals surface area (Å²) in [5.74, 6) is 0. The fourth-order valence-corrected chi connectivity index (χ4v) is 1.37. The normalized spacial score (nSPS) is 10.6. The maximum absolute atomic E-state index is 11.6. The standard InChI is InChI=1S/C11H12N2O3/c14-6-3-7-16-11-12-9-5-2-1-4-8(9)10(15)13-11/h1-2,4-5,14H,3,6-7H2,(H,12,13,15). The van der Waals surface area contributed by atoms with Crippen LogP contribution >= 0.6 is 0 Å². The fourth-order valence-electron chi connectivity index (χ4n) is 1.37. The lowest BCUT2D eigenvalue weighted by atomic mass is 10.2. The van der Waals surface area contributed by atoms with Crippen molar-refractivity contribution in [1.29, 1.82) is 0 Å². The number of aromatic nitrogens is 2. The number of para-hydroxylation sites is 1. The molecule has 2 rings (SSSR count). The first kappa shape index (κ1) is 10.6. The van der Waals surface area contributed by atoms with Crippen LogP contribution in [0.4, 0.5) is 0 Å². The molecule has 0 aliphatic heterocycles. The molecule has 0 aliphatic rings. The third kappa shape index (κ3) is 2.20. The third-order valence-corrected chi connectivity index (χ3v) is 2.13. The van der Waals surface area contributed by atoms with E-state index in [1.54, 1.807) is 18.2 Å². The molecule has 2 N–H and O–H groups in total. The molecule has 0 unspecified atom stereocenters. The number of benzene rings is 1. The van der Waals surface area contributed by atoms with Crippen LogP contribution in [0.25, 0.3) is 10.9 Å². The minimum atomic E-state index is -0.218. The van der Waals surface area contributed by atoms with E-state index in [0.717, 1.165) is 0 Å². The smallest absolute Gasteiger partial charge is 0.297 e. The minimum Gasteiger partial charge on any atom is -0.465 e. The number of fused-ring (bicyclic) bond motifs is 1. The predicted molar refractivity (Wildman–Crippen MR) is 59.6 cm³/mol. The summed E-state index contributed by atoms with van der Waals surface area (Å²) in [6.45, 7) is 0.385. The van der Waals surface area contributed by atoms with Crippen LogP contribution in [0.2, 0.25) is 0 Å². The highest BCUT2D eigenvalue weighted by atomic mass is 16.5. The molecule has 5 nitrogen and oxygen atoms in total. The van der Waals surface area contributed by atoms with Crippen molar-refractivity contribution in [3.63, 3.8) is 0 Å². The number of hydrogen-bond acceptors (Lipinski definition) is 4. The predicted octanol–water partition coefficient (Wildman–Crippen LogP) is 0.684. The van der Waals surface area contributed by atoms with E-state index in [9.17, 15) is 4.79 Å². The SMILES string of the molecule is O=c1[nH]c(OCCCO)nc2ccccc12. The Kier molecular flexibility index (Phi) is 3.16. The summed E-state index contributed by atoms with van der Waals surface area (Å²) in [6.07, 6.45) is 0.510. The summed E-state index contributed by atoms with van der Waals surface area (Å²) in [7, 11) is 0. The molecule has 0 bridgehead atoms. The van der Waals surface area contributed by atoms with Gasteiger partial charge in [-0.25, -0.2) is 0 Å². The summed E-state index contributed by atoms with van der Waals surface area (Å²) in [6, 6.07) is 7.25. The highest BCUT2D eigenvalue weighted by Crippen LogP contribution is 2.09. The number of aromatic amines is 1. The minimum absolute atomic E-state index is 0.0534. The second kappa shape index (κ2) is 4.76. The van der Waals surface area contributed by atoms with E-state index in [-0.39, 0.29) is 18.2 Å². The Labute approximate surface area is 91.7 Å². The number of aliphatic hydroxyl groups is 1. The van der Waals surface area contributed by atoms with Gasteiger partial charge in [-0.1, -0.05) is 12.1 Å². The highest BCUT2D eigenvalue weighted by molar-refractivity contribution is 5.77. The van der Waals surface area contributed by atoms with E-state index in [0.29, 0.717) is 23.9 Å². The molecule has 0 saturated carbocycles. The van der Waals surface area contributed by atoms with Crippen LogP contribution in [-0.2, 0) is 0 Å². The van der Waals surface area contributed by atoms with Crippen molar-refractivity contribution >= 4 is 10.9 Å². The molecule has 0 aliphatic carbocycles. The zero-order valence-electron chi connectivity index (χ0n) is 8.64. The van der Waals surface area contributed by atoms with E-state index < -0.39 is 0 Å². The van der Waals surface area contributed by atoms with Gasteiger partial charge < -0.3 is 9.84 Å². The van der Waals surface area contributed by atoms with Crippen molar-refractivity contribution in [1.82, 2.24) is 9.97 Å². The van der Waals surface area contributed by atoms with Gasteiger partial charge in [0.25, 0.3) is 11.6 Å². The van der Waals surface area contributed by atoms with Crippen molar-refractivity contribution in [2.45, 2.75) is 6.42 Å². The van der Waals surface area contributed by atoms with Gasteiger partial charge >= 0.3 is 0 Å². The van der Waals surface area contributed by atoms with Gasteiger partial charge in [0.05, 0.1) is 17.5 Å². The van der Waals surface area contributed by atoms with E-state index >= 15 is 0 Å². The van der Waals surface area contributed by atoms with Crippen molar-refractivity contribution in [2.75, 3.05) is 13.2 Å².